The van der Waals surface area contributed by atoms with Crippen molar-refractivity contribution in [3.8, 4) is 5.69 Å². The maximum Gasteiger partial charge on any atom is 0.266 e. The van der Waals surface area contributed by atoms with Crippen molar-refractivity contribution >= 4 is 61.8 Å². The van der Waals surface area contributed by atoms with Crippen molar-refractivity contribution in [2.75, 3.05) is 11.1 Å². The number of aromatic nitrogens is 2. The van der Waals surface area contributed by atoms with Crippen LogP contribution in [0, 0.1) is 6.92 Å². The van der Waals surface area contributed by atoms with Gasteiger partial charge in [-0.05, 0) is 61.0 Å². The summed E-state index contributed by atoms with van der Waals surface area (Å²) in [4.78, 5) is 30.4. The van der Waals surface area contributed by atoms with Crippen LogP contribution in [0.4, 0.5) is 5.69 Å². The van der Waals surface area contributed by atoms with Crippen LogP contribution in [0.15, 0.2) is 81.2 Å². The first-order chi connectivity index (χ1) is 14.9. The van der Waals surface area contributed by atoms with E-state index in [-0.39, 0.29) is 17.2 Å². The number of thioether (sulfide) groups is 1. The first kappa shape index (κ1) is 21.6. The van der Waals surface area contributed by atoms with Crippen molar-refractivity contribution in [2.24, 2.45) is 0 Å². The van der Waals surface area contributed by atoms with Gasteiger partial charge in [0.15, 0.2) is 5.16 Å². The molecule has 3 aromatic carbocycles. The van der Waals surface area contributed by atoms with Gasteiger partial charge in [-0.2, -0.15) is 0 Å². The lowest BCUT2D eigenvalue weighted by atomic mass is 10.2. The van der Waals surface area contributed by atoms with Crippen LogP contribution in [-0.2, 0) is 4.79 Å². The molecule has 0 aliphatic rings. The zero-order valence-electron chi connectivity index (χ0n) is 16.4. The summed E-state index contributed by atoms with van der Waals surface area (Å²) >= 11 is 10.9. The molecule has 0 atom stereocenters. The van der Waals surface area contributed by atoms with E-state index in [1.54, 1.807) is 24.3 Å². The highest BCUT2D eigenvalue weighted by molar-refractivity contribution is 9.10. The second-order valence-electron chi connectivity index (χ2n) is 6.83. The van der Waals surface area contributed by atoms with Crippen molar-refractivity contribution in [2.45, 2.75) is 12.1 Å². The van der Waals surface area contributed by atoms with Gasteiger partial charge in [0.25, 0.3) is 5.56 Å². The third-order valence-corrected chi connectivity index (χ3v) is 6.49. The zero-order valence-corrected chi connectivity index (χ0v) is 19.6. The van der Waals surface area contributed by atoms with Gasteiger partial charge in [0, 0.05) is 15.2 Å². The molecule has 0 spiro atoms. The van der Waals surface area contributed by atoms with E-state index in [0.29, 0.717) is 32.5 Å². The van der Waals surface area contributed by atoms with Crippen LogP contribution >= 0.6 is 39.3 Å². The molecular formula is C23H17BrClN3O2S. The summed E-state index contributed by atoms with van der Waals surface area (Å²) in [5, 5.41) is 4.34. The lowest BCUT2D eigenvalue weighted by molar-refractivity contribution is -0.113. The third-order valence-electron chi connectivity index (χ3n) is 4.62. The van der Waals surface area contributed by atoms with E-state index in [1.165, 1.54) is 16.3 Å². The van der Waals surface area contributed by atoms with Crippen LogP contribution in [0.1, 0.15) is 5.56 Å². The van der Waals surface area contributed by atoms with E-state index in [0.717, 1.165) is 10.0 Å². The van der Waals surface area contributed by atoms with Crippen LogP contribution in [0.2, 0.25) is 5.02 Å². The van der Waals surface area contributed by atoms with Gasteiger partial charge in [-0.15, -0.1) is 0 Å². The smallest absolute Gasteiger partial charge is 0.266 e. The lowest BCUT2D eigenvalue weighted by Gasteiger charge is -2.14. The molecule has 0 aliphatic carbocycles. The number of aryl methyl sites for hydroxylation is 1. The normalized spacial score (nSPS) is 10.9. The molecule has 0 radical (unpaired) electrons. The Kier molecular flexibility index (Phi) is 6.46. The van der Waals surface area contributed by atoms with Gasteiger partial charge in [-0.3, -0.25) is 14.2 Å². The molecule has 1 heterocycles. The van der Waals surface area contributed by atoms with Crippen LogP contribution in [-0.4, -0.2) is 21.2 Å². The average Bonchev–Trinajstić information content (AvgIpc) is 2.76. The number of amides is 1. The topological polar surface area (TPSA) is 64.0 Å². The molecule has 156 valence electrons. The quantitative estimate of drug-likeness (QED) is 0.268. The summed E-state index contributed by atoms with van der Waals surface area (Å²) in [7, 11) is 0. The van der Waals surface area contributed by atoms with E-state index in [4.69, 9.17) is 11.6 Å². The van der Waals surface area contributed by atoms with E-state index < -0.39 is 0 Å². The number of fused-ring (bicyclic) bond motifs is 1. The molecule has 5 nitrogen and oxygen atoms in total. The summed E-state index contributed by atoms with van der Waals surface area (Å²) < 4.78 is 2.44. The van der Waals surface area contributed by atoms with E-state index in [1.807, 2.05) is 49.4 Å². The number of nitrogens with one attached hydrogen (secondary N) is 1. The number of para-hydroxylation sites is 1. The maximum atomic E-state index is 13.3. The number of nitrogens with zero attached hydrogens (tertiary/aromatic N) is 2. The Bertz CT molecular complexity index is 1340. The monoisotopic (exact) mass is 513 g/mol. The second-order valence-corrected chi connectivity index (χ2v) is 9.09. The second kappa shape index (κ2) is 9.26. The molecule has 0 saturated carbocycles. The molecule has 1 N–H and O–H groups in total. The highest BCUT2D eigenvalue weighted by Crippen LogP contribution is 2.25. The zero-order chi connectivity index (χ0) is 22.0. The van der Waals surface area contributed by atoms with Crippen molar-refractivity contribution in [1.82, 2.24) is 9.55 Å². The Balaban J connectivity index is 1.68. The Hall–Kier alpha value is -2.61. The van der Waals surface area contributed by atoms with Crippen molar-refractivity contribution < 1.29 is 4.79 Å². The minimum Gasteiger partial charge on any atom is -0.325 e. The number of anilines is 1. The first-order valence-electron chi connectivity index (χ1n) is 9.39. The molecule has 0 unspecified atom stereocenters. The molecule has 31 heavy (non-hydrogen) atoms. The van der Waals surface area contributed by atoms with Crippen LogP contribution in [0.5, 0.6) is 0 Å². The van der Waals surface area contributed by atoms with Gasteiger partial charge in [0.2, 0.25) is 5.91 Å². The Morgan fingerprint density at radius 2 is 1.87 bits per heavy atom. The van der Waals surface area contributed by atoms with Crippen molar-refractivity contribution in [3.63, 3.8) is 0 Å². The molecule has 0 saturated heterocycles. The molecule has 1 aromatic heterocycles. The number of carbonyl (C=O) groups excluding carboxylic acids is 1. The number of halogens is 2. The van der Waals surface area contributed by atoms with Gasteiger partial charge in [-0.1, -0.05) is 57.5 Å². The van der Waals surface area contributed by atoms with E-state index in [2.05, 4.69) is 26.2 Å². The number of hydrogen-bond donors (Lipinski definition) is 1. The minimum absolute atomic E-state index is 0.0977. The van der Waals surface area contributed by atoms with Crippen LogP contribution < -0.4 is 10.9 Å². The molecular weight excluding hydrogens is 498 g/mol. The fourth-order valence-electron chi connectivity index (χ4n) is 3.02. The van der Waals surface area contributed by atoms with Crippen LogP contribution in [0.25, 0.3) is 16.6 Å². The third kappa shape index (κ3) is 4.84. The lowest BCUT2D eigenvalue weighted by Crippen LogP contribution is -2.23. The van der Waals surface area contributed by atoms with E-state index >= 15 is 0 Å². The summed E-state index contributed by atoms with van der Waals surface area (Å²) in [6.07, 6.45) is 0. The summed E-state index contributed by atoms with van der Waals surface area (Å²) in [6.45, 7) is 1.90. The Morgan fingerprint density at radius 3 is 2.61 bits per heavy atom. The predicted octanol–water partition coefficient (Wildman–Crippen LogP) is 5.84. The molecule has 8 heteroatoms. The molecule has 4 rings (SSSR count). The molecule has 4 aromatic rings. The Morgan fingerprint density at radius 1 is 1.13 bits per heavy atom. The number of rotatable bonds is 5. The fraction of sp³-hybridized carbons (Fsp3) is 0.0870. The van der Waals surface area contributed by atoms with Crippen molar-refractivity contribution in [3.05, 3.63) is 92.1 Å². The Labute approximate surface area is 196 Å². The summed E-state index contributed by atoms with van der Waals surface area (Å²) in [5.41, 5.74) is 2.59. The fourth-order valence-corrected chi connectivity index (χ4v) is 4.27. The number of hydrogen-bond acceptors (Lipinski definition) is 4. The largest absolute Gasteiger partial charge is 0.325 e. The molecule has 0 fully saturated rings. The predicted molar refractivity (Wildman–Crippen MR) is 131 cm³/mol. The highest BCUT2D eigenvalue weighted by atomic mass is 79.9. The number of carbonyl (C=O) groups is 1. The molecule has 0 bridgehead atoms. The van der Waals surface area contributed by atoms with Gasteiger partial charge in [-0.25, -0.2) is 4.98 Å². The van der Waals surface area contributed by atoms with Crippen molar-refractivity contribution in [1.29, 1.82) is 0 Å². The SMILES string of the molecule is Cc1ccc(-n2c(SCC(=O)Nc3ccc(Br)cc3)nc3ccccc3c2=O)cc1Cl. The summed E-state index contributed by atoms with van der Waals surface area (Å²) in [5.74, 6) is -0.0938. The van der Waals surface area contributed by atoms with Gasteiger partial charge >= 0.3 is 0 Å². The van der Waals surface area contributed by atoms with Gasteiger partial charge < -0.3 is 5.32 Å². The highest BCUT2D eigenvalue weighted by Gasteiger charge is 2.15. The minimum atomic E-state index is -0.207. The van der Waals surface area contributed by atoms with Gasteiger partial charge in [0.1, 0.15) is 0 Å². The van der Waals surface area contributed by atoms with Gasteiger partial charge in [0.05, 0.1) is 22.3 Å². The first-order valence-corrected chi connectivity index (χ1v) is 11.5. The average molecular weight is 515 g/mol. The van der Waals surface area contributed by atoms with E-state index in [9.17, 15) is 9.59 Å². The maximum absolute atomic E-state index is 13.3. The molecule has 0 aliphatic heterocycles. The number of benzene rings is 3. The van der Waals surface area contributed by atoms with Crippen LogP contribution in [0.3, 0.4) is 0 Å². The molecule has 1 amide bonds. The summed E-state index contributed by atoms with van der Waals surface area (Å²) in [6, 6.07) is 19.9. The standard InChI is InChI=1S/C23H17BrClN3O2S/c1-14-6-11-17(12-19(14)25)28-22(30)18-4-2-3-5-20(18)27-23(28)31-13-21(29)26-16-9-7-15(24)8-10-16/h2-12H,13H2,1H3,(H,26,29).